The third-order valence-electron chi connectivity index (χ3n) is 0. The molecular formula is C4H10Br2Zn. The molecule has 0 amide bonds. The van der Waals surface area contributed by atoms with Crippen LogP contribution in [0, 0.1) is 5.92 Å². The van der Waals surface area contributed by atoms with E-state index in [0.717, 1.165) is 5.92 Å². The van der Waals surface area contributed by atoms with E-state index in [1.54, 1.807) is 0 Å². The van der Waals surface area contributed by atoms with Gasteiger partial charge in [-0.05, 0) is 5.92 Å². The molecule has 0 aliphatic carbocycles. The molecule has 0 aromatic rings. The van der Waals surface area contributed by atoms with Crippen LogP contribution in [0.15, 0.2) is 0 Å². The number of hydrogen-bond donors (Lipinski definition) is 0. The maximum atomic E-state index is 3.25. The van der Waals surface area contributed by atoms with E-state index in [-0.39, 0.29) is 13.2 Å². The van der Waals surface area contributed by atoms with Crippen LogP contribution in [0.4, 0.5) is 0 Å². The number of halogens is 2. The van der Waals surface area contributed by atoms with Gasteiger partial charge in [0.15, 0.2) is 0 Å². The first-order valence-electron chi connectivity index (χ1n) is 2.27. The van der Waals surface area contributed by atoms with E-state index in [1.807, 2.05) is 0 Å². The molecule has 0 spiro atoms. The molecule has 0 unspecified atom stereocenters. The predicted octanol–water partition coefficient (Wildman–Crippen LogP) is 3.35. The van der Waals surface area contributed by atoms with Crippen LogP contribution in [0.2, 0.25) is 0 Å². The van der Waals surface area contributed by atoms with Crippen LogP contribution < -0.4 is 0 Å². The molecule has 0 bridgehead atoms. The fourth-order valence-electron chi connectivity index (χ4n) is 0. The molecule has 0 aromatic carbocycles. The summed E-state index contributed by atoms with van der Waals surface area (Å²) < 4.78 is 0. The van der Waals surface area contributed by atoms with E-state index in [9.17, 15) is 0 Å². The Labute approximate surface area is 66.8 Å². The molecule has 0 N–H and O–H groups in total. The minimum absolute atomic E-state index is 0.250. The summed E-state index contributed by atoms with van der Waals surface area (Å²) in [7, 11) is 0. The van der Waals surface area contributed by atoms with E-state index < -0.39 is 0 Å². The normalized spacial score (nSPS) is 6.57. The van der Waals surface area contributed by atoms with Gasteiger partial charge in [0.25, 0.3) is 0 Å². The summed E-state index contributed by atoms with van der Waals surface area (Å²) in [4.78, 5) is 0. The first kappa shape index (κ1) is 11.4. The summed E-state index contributed by atoms with van der Waals surface area (Å²) in [5.74, 6) is 0.833. The van der Waals surface area contributed by atoms with Gasteiger partial charge in [0.1, 0.15) is 0 Å². The van der Waals surface area contributed by atoms with E-state index in [1.165, 1.54) is 0 Å². The van der Waals surface area contributed by atoms with Crippen LogP contribution in [0.25, 0.3) is 0 Å². The molecule has 3 heteroatoms. The molecule has 7 heavy (non-hydrogen) atoms. The van der Waals surface area contributed by atoms with Crippen molar-refractivity contribution in [2.24, 2.45) is 5.92 Å². The minimum atomic E-state index is -0.250. The molecule has 0 saturated carbocycles. The van der Waals surface area contributed by atoms with Crippen LogP contribution in [-0.2, 0) is 13.2 Å². The molecular weight excluding hydrogens is 273 g/mol. The zero-order valence-corrected chi connectivity index (χ0v) is 11.2. The van der Waals surface area contributed by atoms with Gasteiger partial charge in [-0.3, -0.25) is 0 Å². The molecule has 0 aliphatic rings. The van der Waals surface area contributed by atoms with Gasteiger partial charge in [-0.1, -0.05) is 20.8 Å². The van der Waals surface area contributed by atoms with Gasteiger partial charge in [0.2, 0.25) is 0 Å². The first-order chi connectivity index (χ1) is 3.15. The number of rotatable bonds is 0. The van der Waals surface area contributed by atoms with Crippen molar-refractivity contribution >= 4 is 27.2 Å². The first-order valence-corrected chi connectivity index (χ1v) is 16.2. The second-order valence-electron chi connectivity index (χ2n) is 1.83. The van der Waals surface area contributed by atoms with Crippen LogP contribution >= 0.6 is 27.2 Å². The Morgan fingerprint density at radius 3 is 1.14 bits per heavy atom. The molecule has 0 nitrogen and oxygen atoms in total. The van der Waals surface area contributed by atoms with Crippen molar-refractivity contribution in [2.45, 2.75) is 20.8 Å². The van der Waals surface area contributed by atoms with Crippen molar-refractivity contribution in [3.05, 3.63) is 0 Å². The zero-order valence-electron chi connectivity index (χ0n) is 5.04. The fraction of sp³-hybridized carbons (Fsp3) is 1.00. The summed E-state index contributed by atoms with van der Waals surface area (Å²) in [5, 5.41) is 0. The molecule has 42 valence electrons. The average molecular weight is 283 g/mol. The Morgan fingerprint density at radius 2 is 1.14 bits per heavy atom. The van der Waals surface area contributed by atoms with Crippen molar-refractivity contribution in [2.75, 3.05) is 0 Å². The quantitative estimate of drug-likeness (QED) is 0.598. The summed E-state index contributed by atoms with van der Waals surface area (Å²) in [5.41, 5.74) is 0. The van der Waals surface area contributed by atoms with Crippen LogP contribution in [-0.4, -0.2) is 0 Å². The second kappa shape index (κ2) is 10.5. The van der Waals surface area contributed by atoms with Gasteiger partial charge in [0.05, 0.1) is 0 Å². The van der Waals surface area contributed by atoms with E-state index >= 15 is 0 Å². The van der Waals surface area contributed by atoms with Crippen LogP contribution in [0.5, 0.6) is 0 Å². The van der Waals surface area contributed by atoms with Gasteiger partial charge in [-0.15, -0.1) is 0 Å². The van der Waals surface area contributed by atoms with Crippen molar-refractivity contribution in [3.8, 4) is 0 Å². The van der Waals surface area contributed by atoms with Gasteiger partial charge in [0, 0.05) is 0 Å². The Balaban J connectivity index is 0. The van der Waals surface area contributed by atoms with E-state index in [2.05, 4.69) is 48.0 Å². The van der Waals surface area contributed by atoms with Crippen molar-refractivity contribution < 1.29 is 13.2 Å². The van der Waals surface area contributed by atoms with Gasteiger partial charge in [-0.25, -0.2) is 0 Å². The second-order valence-corrected chi connectivity index (χ2v) is 15.9. The molecule has 0 heterocycles. The molecule has 0 rings (SSSR count). The van der Waals surface area contributed by atoms with E-state index in [4.69, 9.17) is 0 Å². The monoisotopic (exact) mass is 280 g/mol. The zero-order chi connectivity index (χ0) is 6.28. The average Bonchev–Trinajstić information content (AvgIpc) is 1.33. The van der Waals surface area contributed by atoms with Gasteiger partial charge in [-0.2, -0.15) is 0 Å². The van der Waals surface area contributed by atoms with Crippen molar-refractivity contribution in [1.29, 1.82) is 0 Å². The molecule has 0 atom stereocenters. The Hall–Kier alpha value is 1.58. The number of hydrogen-bond acceptors (Lipinski definition) is 0. The molecule has 0 aliphatic heterocycles. The summed E-state index contributed by atoms with van der Waals surface area (Å²) in [6, 6.07) is 0. The Bertz CT molecular complexity index is 20.9. The molecule has 0 fully saturated rings. The summed E-state index contributed by atoms with van der Waals surface area (Å²) >= 11 is 6.25. The Kier molecular flexibility index (Phi) is 17.2. The fourth-order valence-corrected chi connectivity index (χ4v) is 0. The van der Waals surface area contributed by atoms with Crippen LogP contribution in [0.3, 0.4) is 0 Å². The Morgan fingerprint density at radius 1 is 1.14 bits per heavy atom. The standard InChI is InChI=1S/C4H10.2BrH.Zn/c1-4(2)3;;;/h4H,1-3H3;2*1H;/q;;;+2/p-2. The van der Waals surface area contributed by atoms with Crippen LogP contribution in [0.1, 0.15) is 20.8 Å². The van der Waals surface area contributed by atoms with Crippen molar-refractivity contribution in [1.82, 2.24) is 0 Å². The topological polar surface area (TPSA) is 0 Å². The summed E-state index contributed by atoms with van der Waals surface area (Å²) in [6.07, 6.45) is 0. The maximum absolute atomic E-state index is 3.25. The molecule has 0 aromatic heterocycles. The molecule has 0 saturated heterocycles. The molecule has 0 radical (unpaired) electrons. The van der Waals surface area contributed by atoms with E-state index in [0.29, 0.717) is 0 Å². The van der Waals surface area contributed by atoms with Gasteiger partial charge >= 0.3 is 40.5 Å². The third-order valence-corrected chi connectivity index (χ3v) is 0. The summed E-state index contributed by atoms with van der Waals surface area (Å²) in [6.45, 7) is 6.50. The van der Waals surface area contributed by atoms with Crippen molar-refractivity contribution in [3.63, 3.8) is 0 Å². The SMILES string of the molecule is CC(C)C.[Br][Zn][Br]. The third kappa shape index (κ3) is 94.3. The predicted molar refractivity (Wildman–Crippen MR) is 38.4 cm³/mol. The van der Waals surface area contributed by atoms with Gasteiger partial charge < -0.3 is 0 Å².